The van der Waals surface area contributed by atoms with Crippen molar-refractivity contribution in [3.8, 4) is 0 Å². The van der Waals surface area contributed by atoms with Crippen molar-refractivity contribution >= 4 is 23.0 Å². The first kappa shape index (κ1) is 14.9. The first-order valence-electron chi connectivity index (χ1n) is 6.14. The molecule has 0 fully saturated rings. The molecule has 1 aromatic heterocycles. The van der Waals surface area contributed by atoms with E-state index in [1.807, 2.05) is 12.1 Å². The third-order valence-corrected chi connectivity index (χ3v) is 2.72. The molecule has 100 valence electrons. The Labute approximate surface area is 115 Å². The Kier molecular flexibility index (Phi) is 4.32. The molecular weight excluding hydrogens is 242 g/mol. The van der Waals surface area contributed by atoms with Crippen molar-refractivity contribution in [3.63, 3.8) is 0 Å². The SMILES string of the molecule is CC(C)(C)CC(C)(C)Nc1ncccc1C(N)=S. The quantitative estimate of drug-likeness (QED) is 0.820. The van der Waals surface area contributed by atoms with E-state index in [1.165, 1.54) is 0 Å². The number of rotatable bonds is 4. The van der Waals surface area contributed by atoms with E-state index >= 15 is 0 Å². The van der Waals surface area contributed by atoms with Crippen LogP contribution in [0.3, 0.4) is 0 Å². The van der Waals surface area contributed by atoms with Crippen LogP contribution in [0.25, 0.3) is 0 Å². The average molecular weight is 265 g/mol. The molecule has 0 saturated carbocycles. The lowest BCUT2D eigenvalue weighted by Crippen LogP contribution is -2.36. The second-order valence-corrected chi connectivity index (χ2v) is 6.95. The minimum Gasteiger partial charge on any atom is -0.389 e. The lowest BCUT2D eigenvalue weighted by Gasteiger charge is -2.34. The summed E-state index contributed by atoms with van der Waals surface area (Å²) in [5, 5.41) is 3.45. The topological polar surface area (TPSA) is 50.9 Å². The van der Waals surface area contributed by atoms with E-state index in [1.54, 1.807) is 6.20 Å². The molecule has 0 spiro atoms. The van der Waals surface area contributed by atoms with Crippen LogP contribution in [0, 0.1) is 5.41 Å². The van der Waals surface area contributed by atoms with Crippen LogP contribution in [0.15, 0.2) is 18.3 Å². The number of anilines is 1. The average Bonchev–Trinajstić information content (AvgIpc) is 2.13. The van der Waals surface area contributed by atoms with Crippen LogP contribution in [0.4, 0.5) is 5.82 Å². The first-order chi connectivity index (χ1) is 8.11. The van der Waals surface area contributed by atoms with Gasteiger partial charge in [-0.1, -0.05) is 33.0 Å². The maximum atomic E-state index is 5.71. The third-order valence-electron chi connectivity index (χ3n) is 2.50. The Morgan fingerprint density at radius 2 is 1.94 bits per heavy atom. The molecule has 1 rings (SSSR count). The molecule has 0 atom stereocenters. The monoisotopic (exact) mass is 265 g/mol. The number of pyridine rings is 1. The number of nitrogens with zero attached hydrogens (tertiary/aromatic N) is 1. The molecule has 0 aliphatic heterocycles. The molecule has 18 heavy (non-hydrogen) atoms. The molecule has 1 heterocycles. The summed E-state index contributed by atoms with van der Waals surface area (Å²) in [5.41, 5.74) is 6.69. The van der Waals surface area contributed by atoms with Gasteiger partial charge in [-0.3, -0.25) is 0 Å². The fourth-order valence-corrected chi connectivity index (χ4v) is 2.56. The molecule has 0 bridgehead atoms. The van der Waals surface area contributed by atoms with Crippen molar-refractivity contribution in [2.45, 2.75) is 46.6 Å². The predicted octanol–water partition coefficient (Wildman–Crippen LogP) is 3.34. The van der Waals surface area contributed by atoms with Crippen LogP contribution in [0.2, 0.25) is 0 Å². The Hall–Kier alpha value is -1.16. The van der Waals surface area contributed by atoms with E-state index in [0.717, 1.165) is 17.8 Å². The Balaban J connectivity index is 2.94. The van der Waals surface area contributed by atoms with E-state index in [4.69, 9.17) is 18.0 Å². The zero-order valence-electron chi connectivity index (χ0n) is 11.9. The molecule has 0 radical (unpaired) electrons. The minimum atomic E-state index is -0.0634. The molecule has 0 aliphatic rings. The van der Waals surface area contributed by atoms with E-state index < -0.39 is 0 Å². The summed E-state index contributed by atoms with van der Waals surface area (Å²) in [7, 11) is 0. The van der Waals surface area contributed by atoms with Gasteiger partial charge in [0.2, 0.25) is 0 Å². The van der Waals surface area contributed by atoms with Gasteiger partial charge >= 0.3 is 0 Å². The minimum absolute atomic E-state index is 0.0634. The van der Waals surface area contributed by atoms with Crippen molar-refractivity contribution in [1.29, 1.82) is 0 Å². The summed E-state index contributed by atoms with van der Waals surface area (Å²) in [4.78, 5) is 4.71. The van der Waals surface area contributed by atoms with E-state index in [-0.39, 0.29) is 11.0 Å². The third kappa shape index (κ3) is 4.61. The number of thiocarbonyl (C=S) groups is 1. The largest absolute Gasteiger partial charge is 0.389 e. The van der Waals surface area contributed by atoms with Gasteiger partial charge in [0.1, 0.15) is 10.8 Å². The molecule has 0 saturated heterocycles. The fourth-order valence-electron chi connectivity index (χ4n) is 2.39. The highest BCUT2D eigenvalue weighted by molar-refractivity contribution is 7.80. The molecule has 4 heteroatoms. The zero-order valence-corrected chi connectivity index (χ0v) is 12.7. The molecule has 1 aromatic rings. The Morgan fingerprint density at radius 3 is 2.44 bits per heavy atom. The number of aromatic nitrogens is 1. The van der Waals surface area contributed by atoms with Crippen molar-refractivity contribution in [2.24, 2.45) is 11.1 Å². The van der Waals surface area contributed by atoms with Crippen LogP contribution in [-0.2, 0) is 0 Å². The van der Waals surface area contributed by atoms with Gasteiger partial charge in [0.25, 0.3) is 0 Å². The molecule has 0 amide bonds. The maximum Gasteiger partial charge on any atom is 0.136 e. The molecule has 3 N–H and O–H groups in total. The number of nitrogens with two attached hydrogens (primary N) is 1. The van der Waals surface area contributed by atoms with Crippen molar-refractivity contribution < 1.29 is 0 Å². The van der Waals surface area contributed by atoms with Crippen LogP contribution in [-0.4, -0.2) is 15.5 Å². The number of hydrogen-bond acceptors (Lipinski definition) is 3. The fraction of sp³-hybridized carbons (Fsp3) is 0.571. The summed E-state index contributed by atoms with van der Waals surface area (Å²) < 4.78 is 0. The highest BCUT2D eigenvalue weighted by atomic mass is 32.1. The second kappa shape index (κ2) is 5.22. The summed E-state index contributed by atoms with van der Waals surface area (Å²) >= 11 is 5.05. The zero-order chi connectivity index (χ0) is 14.0. The van der Waals surface area contributed by atoms with Gasteiger partial charge in [-0.15, -0.1) is 0 Å². The summed E-state index contributed by atoms with van der Waals surface area (Å²) in [6.07, 6.45) is 2.77. The van der Waals surface area contributed by atoms with Crippen molar-refractivity contribution in [1.82, 2.24) is 4.98 Å². The first-order valence-corrected chi connectivity index (χ1v) is 6.55. The highest BCUT2D eigenvalue weighted by Crippen LogP contribution is 2.29. The lowest BCUT2D eigenvalue weighted by atomic mass is 9.82. The van der Waals surface area contributed by atoms with E-state index in [0.29, 0.717) is 4.99 Å². The highest BCUT2D eigenvalue weighted by Gasteiger charge is 2.26. The standard InChI is InChI=1S/C14H23N3S/c1-13(2,3)9-14(4,5)17-12-10(11(15)18)7-6-8-16-12/h6-8H,9H2,1-5H3,(H2,15,18)(H,16,17). The number of hydrogen-bond donors (Lipinski definition) is 2. The Bertz CT molecular complexity index is 433. The summed E-state index contributed by atoms with van der Waals surface area (Å²) in [5.74, 6) is 0.763. The summed E-state index contributed by atoms with van der Waals surface area (Å²) in [6.45, 7) is 11.0. The van der Waals surface area contributed by atoms with E-state index in [2.05, 4.69) is 44.9 Å². The van der Waals surface area contributed by atoms with Gasteiger partial charge in [0.15, 0.2) is 0 Å². The molecule has 0 aromatic carbocycles. The second-order valence-electron chi connectivity index (χ2n) is 6.51. The maximum absolute atomic E-state index is 5.71. The van der Waals surface area contributed by atoms with Crippen molar-refractivity contribution in [2.75, 3.05) is 5.32 Å². The molecule has 0 aliphatic carbocycles. The van der Waals surface area contributed by atoms with Crippen LogP contribution in [0.1, 0.15) is 46.6 Å². The number of nitrogens with one attached hydrogen (secondary N) is 1. The lowest BCUT2D eigenvalue weighted by molar-refractivity contribution is 0.302. The van der Waals surface area contributed by atoms with Gasteiger partial charge in [0, 0.05) is 11.7 Å². The van der Waals surface area contributed by atoms with Crippen LogP contribution >= 0.6 is 12.2 Å². The summed E-state index contributed by atoms with van der Waals surface area (Å²) in [6, 6.07) is 3.74. The van der Waals surface area contributed by atoms with Gasteiger partial charge < -0.3 is 11.1 Å². The van der Waals surface area contributed by atoms with Crippen molar-refractivity contribution in [3.05, 3.63) is 23.9 Å². The molecular formula is C14H23N3S. The smallest absolute Gasteiger partial charge is 0.136 e. The van der Waals surface area contributed by atoms with Gasteiger partial charge in [0.05, 0.1) is 5.56 Å². The predicted molar refractivity (Wildman–Crippen MR) is 81.9 cm³/mol. The van der Waals surface area contributed by atoms with Crippen LogP contribution < -0.4 is 11.1 Å². The molecule has 0 unspecified atom stereocenters. The van der Waals surface area contributed by atoms with Gasteiger partial charge in [-0.05, 0) is 37.8 Å². The normalized spacial score (nSPS) is 12.3. The Morgan fingerprint density at radius 1 is 1.33 bits per heavy atom. The molecule has 3 nitrogen and oxygen atoms in total. The van der Waals surface area contributed by atoms with Gasteiger partial charge in [-0.2, -0.15) is 0 Å². The van der Waals surface area contributed by atoms with Gasteiger partial charge in [-0.25, -0.2) is 4.98 Å². The van der Waals surface area contributed by atoms with Crippen LogP contribution in [0.5, 0.6) is 0 Å². The van der Waals surface area contributed by atoms with E-state index in [9.17, 15) is 0 Å².